The van der Waals surface area contributed by atoms with Gasteiger partial charge in [-0.25, -0.2) is 4.79 Å². The van der Waals surface area contributed by atoms with E-state index in [4.69, 9.17) is 15.2 Å². The first-order chi connectivity index (χ1) is 13.4. The summed E-state index contributed by atoms with van der Waals surface area (Å²) < 4.78 is 11.7. The van der Waals surface area contributed by atoms with Crippen LogP contribution >= 0.6 is 0 Å². The maximum atomic E-state index is 12.1. The molecule has 1 aromatic carbocycles. The summed E-state index contributed by atoms with van der Waals surface area (Å²) in [5, 5.41) is 20.5. The number of benzene rings is 1. The van der Waals surface area contributed by atoms with Crippen molar-refractivity contribution in [2.75, 3.05) is 5.73 Å². The first-order valence-electron chi connectivity index (χ1n) is 8.63. The largest absolute Gasteiger partial charge is 0.461 e. The Labute approximate surface area is 160 Å². The van der Waals surface area contributed by atoms with Crippen molar-refractivity contribution in [3.8, 4) is 0 Å². The molecule has 1 fully saturated rings. The van der Waals surface area contributed by atoms with Gasteiger partial charge in [-0.1, -0.05) is 43.0 Å². The van der Waals surface area contributed by atoms with E-state index in [2.05, 4.69) is 11.6 Å². The molecule has 4 N–H and O–H groups in total. The molecule has 28 heavy (non-hydrogen) atoms. The minimum absolute atomic E-state index is 0.00896. The Balaban J connectivity index is 1.68. The molecule has 0 spiro atoms. The first kappa shape index (κ1) is 19.7. The Morgan fingerprint density at radius 1 is 1.32 bits per heavy atom. The molecule has 0 bridgehead atoms. The van der Waals surface area contributed by atoms with Gasteiger partial charge < -0.3 is 25.4 Å². The molecular weight excluding hydrogens is 366 g/mol. The van der Waals surface area contributed by atoms with E-state index in [9.17, 15) is 19.8 Å². The topological polar surface area (TPSA) is 137 Å². The van der Waals surface area contributed by atoms with Crippen LogP contribution in [0.5, 0.6) is 0 Å². The second kappa shape index (κ2) is 8.34. The van der Waals surface area contributed by atoms with Crippen LogP contribution in [0.1, 0.15) is 23.8 Å². The summed E-state index contributed by atoms with van der Waals surface area (Å²) in [5.74, 6) is -0.611. The van der Waals surface area contributed by atoms with Gasteiger partial charge in [0.2, 0.25) is 0 Å². The smallest absolute Gasteiger partial charge is 0.351 e. The lowest BCUT2D eigenvalue weighted by Crippen LogP contribution is -2.36. The highest BCUT2D eigenvalue weighted by atomic mass is 16.6. The molecule has 9 heteroatoms. The van der Waals surface area contributed by atoms with Gasteiger partial charge in [0.05, 0.1) is 12.5 Å². The lowest BCUT2D eigenvalue weighted by molar-refractivity contribution is -0.149. The summed E-state index contributed by atoms with van der Waals surface area (Å²) in [6.07, 6.45) is -2.64. The van der Waals surface area contributed by atoms with Gasteiger partial charge in [0.25, 0.3) is 0 Å². The number of hydrogen-bond donors (Lipinski definition) is 3. The van der Waals surface area contributed by atoms with Crippen molar-refractivity contribution in [1.29, 1.82) is 0 Å². The van der Waals surface area contributed by atoms with Gasteiger partial charge in [-0.3, -0.25) is 9.36 Å². The molecule has 1 aliphatic rings. The van der Waals surface area contributed by atoms with Gasteiger partial charge in [0, 0.05) is 11.8 Å². The van der Waals surface area contributed by atoms with Gasteiger partial charge in [-0.2, -0.15) is 4.98 Å². The number of esters is 1. The van der Waals surface area contributed by atoms with Crippen molar-refractivity contribution in [3.05, 3.63) is 64.7 Å². The van der Waals surface area contributed by atoms with Gasteiger partial charge >= 0.3 is 11.7 Å². The third-order valence-corrected chi connectivity index (χ3v) is 4.45. The number of carbonyl (C=O) groups is 1. The van der Waals surface area contributed by atoms with E-state index >= 15 is 0 Å². The number of nitrogens with two attached hydrogens (primary N) is 1. The number of hydrogen-bond acceptors (Lipinski definition) is 8. The standard InChI is InChI=1S/C19H21N3O6/c1-2-12-9-22(19(26)21-17(12)20)18-16(25)15(24)13(28-18)8-14(23)27-10-11-6-4-3-5-7-11/h2-7,9,13,15-16,18,24-25H,1,8,10H2,(H2,20,21,26)/t13-,15-,16-,18-/m1/s1. The zero-order valence-electron chi connectivity index (χ0n) is 15.0. The summed E-state index contributed by atoms with van der Waals surface area (Å²) in [7, 11) is 0. The number of ether oxygens (including phenoxy) is 2. The summed E-state index contributed by atoms with van der Waals surface area (Å²) in [6.45, 7) is 3.66. The Hall–Kier alpha value is -3.01. The van der Waals surface area contributed by atoms with Crippen LogP contribution in [0.25, 0.3) is 6.08 Å². The number of nitrogen functional groups attached to an aromatic ring is 1. The molecule has 0 unspecified atom stereocenters. The molecule has 0 aliphatic carbocycles. The quantitative estimate of drug-likeness (QED) is 0.599. The highest BCUT2D eigenvalue weighted by molar-refractivity contribution is 5.70. The monoisotopic (exact) mass is 387 g/mol. The maximum Gasteiger partial charge on any atom is 0.351 e. The summed E-state index contributed by atoms with van der Waals surface area (Å²) in [6, 6.07) is 9.12. The van der Waals surface area contributed by atoms with Crippen molar-refractivity contribution >= 4 is 17.9 Å². The highest BCUT2D eigenvalue weighted by Crippen LogP contribution is 2.30. The average Bonchev–Trinajstić information content (AvgIpc) is 2.96. The molecular formula is C19H21N3O6. The van der Waals surface area contributed by atoms with Crippen LogP contribution in [0, 0.1) is 0 Å². The van der Waals surface area contributed by atoms with E-state index in [1.165, 1.54) is 12.3 Å². The zero-order valence-corrected chi connectivity index (χ0v) is 15.0. The Morgan fingerprint density at radius 2 is 2.04 bits per heavy atom. The van der Waals surface area contributed by atoms with Crippen LogP contribution in [0.15, 0.2) is 47.9 Å². The molecule has 148 valence electrons. The minimum atomic E-state index is -1.44. The average molecular weight is 387 g/mol. The van der Waals surface area contributed by atoms with Crippen molar-refractivity contribution in [2.45, 2.75) is 37.6 Å². The molecule has 9 nitrogen and oxygen atoms in total. The predicted molar refractivity (Wildman–Crippen MR) is 99.8 cm³/mol. The third kappa shape index (κ3) is 4.11. The minimum Gasteiger partial charge on any atom is -0.461 e. The van der Waals surface area contributed by atoms with Crippen LogP contribution in [-0.4, -0.2) is 44.0 Å². The molecule has 4 atom stereocenters. The van der Waals surface area contributed by atoms with E-state index in [0.29, 0.717) is 5.56 Å². The maximum absolute atomic E-state index is 12.1. The number of aliphatic hydroxyl groups is 2. The van der Waals surface area contributed by atoms with E-state index in [-0.39, 0.29) is 18.8 Å². The van der Waals surface area contributed by atoms with Crippen molar-refractivity contribution in [3.63, 3.8) is 0 Å². The second-order valence-electron chi connectivity index (χ2n) is 6.37. The number of rotatable bonds is 6. The Kier molecular flexibility index (Phi) is 5.88. The fourth-order valence-corrected chi connectivity index (χ4v) is 2.93. The number of carbonyl (C=O) groups excluding carboxylic acids is 1. The van der Waals surface area contributed by atoms with Crippen LogP contribution in [0.3, 0.4) is 0 Å². The Bertz CT molecular complexity index is 914. The molecule has 1 aromatic heterocycles. The van der Waals surface area contributed by atoms with Gasteiger partial charge in [-0.15, -0.1) is 0 Å². The second-order valence-corrected chi connectivity index (χ2v) is 6.37. The van der Waals surface area contributed by atoms with Gasteiger partial charge in [0.1, 0.15) is 24.6 Å². The molecule has 2 aromatic rings. The number of aliphatic hydroxyl groups excluding tert-OH is 2. The van der Waals surface area contributed by atoms with Gasteiger partial charge in [-0.05, 0) is 5.56 Å². The normalized spacial score (nSPS) is 24.1. The van der Waals surface area contributed by atoms with Crippen molar-refractivity contribution < 1.29 is 24.5 Å². The fraction of sp³-hybridized carbons (Fsp3) is 0.316. The summed E-state index contributed by atoms with van der Waals surface area (Å²) in [4.78, 5) is 27.8. The van der Waals surface area contributed by atoms with E-state index in [1.54, 1.807) is 0 Å². The van der Waals surface area contributed by atoms with Crippen LogP contribution in [0.2, 0.25) is 0 Å². The number of anilines is 1. The number of aromatic nitrogens is 2. The zero-order chi connectivity index (χ0) is 20.3. The molecule has 2 heterocycles. The molecule has 0 radical (unpaired) electrons. The van der Waals surface area contributed by atoms with E-state index in [0.717, 1.165) is 10.1 Å². The molecule has 0 amide bonds. The van der Waals surface area contributed by atoms with Crippen molar-refractivity contribution in [1.82, 2.24) is 9.55 Å². The number of nitrogens with zero attached hydrogens (tertiary/aromatic N) is 2. The lowest BCUT2D eigenvalue weighted by atomic mass is 10.1. The van der Waals surface area contributed by atoms with E-state index < -0.39 is 36.2 Å². The predicted octanol–water partition coefficient (Wildman–Crippen LogP) is 0.221. The first-order valence-corrected chi connectivity index (χ1v) is 8.63. The molecule has 1 aliphatic heterocycles. The highest BCUT2D eigenvalue weighted by Gasteiger charge is 2.45. The Morgan fingerprint density at radius 3 is 2.71 bits per heavy atom. The molecule has 3 rings (SSSR count). The van der Waals surface area contributed by atoms with Gasteiger partial charge in [0.15, 0.2) is 6.23 Å². The molecule has 1 saturated heterocycles. The third-order valence-electron chi connectivity index (χ3n) is 4.45. The lowest BCUT2D eigenvalue weighted by Gasteiger charge is -2.18. The van der Waals surface area contributed by atoms with Crippen molar-refractivity contribution in [2.24, 2.45) is 0 Å². The molecule has 0 saturated carbocycles. The van der Waals surface area contributed by atoms with E-state index in [1.807, 2.05) is 30.3 Å². The van der Waals surface area contributed by atoms with Crippen LogP contribution < -0.4 is 11.4 Å². The SMILES string of the molecule is C=Cc1cn([C@@H]2O[C@H](CC(=O)OCc3ccccc3)[C@@H](O)[C@H]2O)c(=O)nc1N. The van der Waals surface area contributed by atoms with Crippen LogP contribution in [-0.2, 0) is 20.9 Å². The summed E-state index contributed by atoms with van der Waals surface area (Å²) in [5.41, 5.74) is 6.06. The fourth-order valence-electron chi connectivity index (χ4n) is 2.93. The van der Waals surface area contributed by atoms with Crippen LogP contribution in [0.4, 0.5) is 5.82 Å². The summed E-state index contributed by atoms with van der Waals surface area (Å²) >= 11 is 0.